The van der Waals surface area contributed by atoms with E-state index in [0.717, 1.165) is 25.5 Å². The summed E-state index contributed by atoms with van der Waals surface area (Å²) in [5, 5.41) is 3.47. The maximum atomic E-state index is 5.92. The van der Waals surface area contributed by atoms with E-state index < -0.39 is 0 Å². The molecule has 0 amide bonds. The van der Waals surface area contributed by atoms with Gasteiger partial charge in [0, 0.05) is 25.4 Å². The molecule has 1 aliphatic carbocycles. The Morgan fingerprint density at radius 3 is 3.00 bits per heavy atom. The van der Waals surface area contributed by atoms with Gasteiger partial charge in [-0.05, 0) is 25.2 Å². The van der Waals surface area contributed by atoms with Gasteiger partial charge in [-0.25, -0.2) is 4.98 Å². The van der Waals surface area contributed by atoms with Crippen LogP contribution in [0.15, 0.2) is 12.5 Å². The van der Waals surface area contributed by atoms with Gasteiger partial charge in [-0.2, -0.15) is 0 Å². The summed E-state index contributed by atoms with van der Waals surface area (Å²) in [6.45, 7) is 6.14. The third-order valence-corrected chi connectivity index (χ3v) is 3.98. The molecule has 1 aromatic heterocycles. The molecular weight excluding hydrogens is 226 g/mol. The SMILES string of the molecule is CC(C)NCc1cncn1C1CCOC1C1CC1. The normalized spacial score (nSPS) is 28.2. The fourth-order valence-corrected chi connectivity index (χ4v) is 2.85. The number of imidazole rings is 1. The van der Waals surface area contributed by atoms with E-state index in [1.165, 1.54) is 18.5 Å². The Kier molecular flexibility index (Phi) is 3.39. The molecule has 2 aliphatic rings. The van der Waals surface area contributed by atoms with Crippen molar-refractivity contribution in [1.82, 2.24) is 14.9 Å². The summed E-state index contributed by atoms with van der Waals surface area (Å²) in [5.41, 5.74) is 1.28. The van der Waals surface area contributed by atoms with Gasteiger partial charge < -0.3 is 14.6 Å². The fourth-order valence-electron chi connectivity index (χ4n) is 2.85. The number of nitrogens with zero attached hydrogens (tertiary/aromatic N) is 2. The van der Waals surface area contributed by atoms with Crippen LogP contribution in [-0.2, 0) is 11.3 Å². The first-order valence-electron chi connectivity index (χ1n) is 7.11. The maximum Gasteiger partial charge on any atom is 0.0952 e. The average Bonchev–Trinajstić information content (AvgIpc) is 2.91. The number of hydrogen-bond acceptors (Lipinski definition) is 3. The van der Waals surface area contributed by atoms with Crippen LogP contribution in [0.5, 0.6) is 0 Å². The van der Waals surface area contributed by atoms with Gasteiger partial charge in [0.25, 0.3) is 0 Å². The van der Waals surface area contributed by atoms with Gasteiger partial charge in [0.15, 0.2) is 0 Å². The molecule has 1 aliphatic heterocycles. The molecule has 4 nitrogen and oxygen atoms in total. The molecule has 0 aromatic carbocycles. The van der Waals surface area contributed by atoms with Crippen molar-refractivity contribution in [2.75, 3.05) is 6.61 Å². The van der Waals surface area contributed by atoms with Crippen LogP contribution < -0.4 is 5.32 Å². The number of aromatic nitrogens is 2. The van der Waals surface area contributed by atoms with Crippen LogP contribution in [0.25, 0.3) is 0 Å². The predicted molar refractivity (Wildman–Crippen MR) is 70.3 cm³/mol. The summed E-state index contributed by atoms with van der Waals surface area (Å²) in [5.74, 6) is 0.797. The van der Waals surface area contributed by atoms with Gasteiger partial charge >= 0.3 is 0 Å². The van der Waals surface area contributed by atoms with E-state index in [-0.39, 0.29) is 0 Å². The summed E-state index contributed by atoms with van der Waals surface area (Å²) >= 11 is 0. The minimum atomic E-state index is 0.428. The van der Waals surface area contributed by atoms with E-state index >= 15 is 0 Å². The van der Waals surface area contributed by atoms with Crippen LogP contribution in [0.1, 0.15) is 44.8 Å². The highest BCUT2D eigenvalue weighted by Gasteiger charge is 2.41. The van der Waals surface area contributed by atoms with Gasteiger partial charge in [-0.1, -0.05) is 13.8 Å². The fraction of sp³-hybridized carbons (Fsp3) is 0.786. The van der Waals surface area contributed by atoms with E-state index in [4.69, 9.17) is 4.74 Å². The molecule has 100 valence electrons. The first-order valence-corrected chi connectivity index (χ1v) is 7.11. The quantitative estimate of drug-likeness (QED) is 0.869. The lowest BCUT2D eigenvalue weighted by molar-refractivity contribution is 0.0745. The lowest BCUT2D eigenvalue weighted by Crippen LogP contribution is -2.27. The minimum Gasteiger partial charge on any atom is -0.376 e. The molecule has 1 aromatic rings. The summed E-state index contributed by atoms with van der Waals surface area (Å²) in [6, 6.07) is 1.01. The molecule has 3 rings (SSSR count). The van der Waals surface area contributed by atoms with Crippen LogP contribution >= 0.6 is 0 Å². The maximum absolute atomic E-state index is 5.92. The Hall–Kier alpha value is -0.870. The van der Waals surface area contributed by atoms with Crippen molar-refractivity contribution in [2.45, 2.75) is 57.8 Å². The highest BCUT2D eigenvalue weighted by atomic mass is 16.5. The molecule has 1 saturated carbocycles. The third-order valence-electron chi connectivity index (χ3n) is 3.98. The number of ether oxygens (including phenoxy) is 1. The largest absolute Gasteiger partial charge is 0.376 e. The van der Waals surface area contributed by atoms with Gasteiger partial charge in [-0.15, -0.1) is 0 Å². The molecule has 2 heterocycles. The Morgan fingerprint density at radius 2 is 2.28 bits per heavy atom. The molecule has 1 saturated heterocycles. The summed E-state index contributed by atoms with van der Waals surface area (Å²) in [6.07, 6.45) is 8.21. The number of nitrogens with one attached hydrogen (secondary N) is 1. The Bertz CT molecular complexity index is 397. The predicted octanol–water partition coefficient (Wildman–Crippen LogP) is 2.12. The van der Waals surface area contributed by atoms with Crippen molar-refractivity contribution < 1.29 is 4.74 Å². The summed E-state index contributed by atoms with van der Waals surface area (Å²) in [4.78, 5) is 4.33. The second-order valence-electron chi connectivity index (χ2n) is 5.86. The standard InChI is InChI=1S/C14H23N3O/c1-10(2)16-8-12-7-15-9-17(12)13-5-6-18-14(13)11-3-4-11/h7,9-11,13-14,16H,3-6,8H2,1-2H3. The van der Waals surface area contributed by atoms with E-state index in [2.05, 4.69) is 28.7 Å². The first kappa shape index (κ1) is 12.2. The highest BCUT2D eigenvalue weighted by molar-refractivity contribution is 5.04. The molecule has 2 fully saturated rings. The molecule has 1 N–H and O–H groups in total. The molecule has 2 atom stereocenters. The monoisotopic (exact) mass is 249 g/mol. The number of hydrogen-bond donors (Lipinski definition) is 1. The van der Waals surface area contributed by atoms with Crippen LogP contribution in [0.2, 0.25) is 0 Å². The lowest BCUT2D eigenvalue weighted by Gasteiger charge is -2.22. The molecule has 4 heteroatoms. The molecule has 2 unspecified atom stereocenters. The Balaban J connectivity index is 1.72. The van der Waals surface area contributed by atoms with E-state index in [0.29, 0.717) is 18.2 Å². The summed E-state index contributed by atoms with van der Waals surface area (Å²) < 4.78 is 8.26. The van der Waals surface area contributed by atoms with Crippen molar-refractivity contribution in [2.24, 2.45) is 5.92 Å². The summed E-state index contributed by atoms with van der Waals surface area (Å²) in [7, 11) is 0. The third kappa shape index (κ3) is 2.45. The van der Waals surface area contributed by atoms with Crippen molar-refractivity contribution in [3.63, 3.8) is 0 Å². The van der Waals surface area contributed by atoms with Crippen molar-refractivity contribution in [3.05, 3.63) is 18.2 Å². The second kappa shape index (κ2) is 5.02. The topological polar surface area (TPSA) is 39.1 Å². The van der Waals surface area contributed by atoms with E-state index in [1.807, 2.05) is 12.5 Å². The molecule has 18 heavy (non-hydrogen) atoms. The van der Waals surface area contributed by atoms with Crippen LogP contribution in [0, 0.1) is 5.92 Å². The van der Waals surface area contributed by atoms with Gasteiger partial charge in [0.1, 0.15) is 0 Å². The van der Waals surface area contributed by atoms with E-state index in [9.17, 15) is 0 Å². The Morgan fingerprint density at radius 1 is 1.44 bits per heavy atom. The average molecular weight is 249 g/mol. The second-order valence-corrected chi connectivity index (χ2v) is 5.86. The van der Waals surface area contributed by atoms with Crippen LogP contribution in [0.4, 0.5) is 0 Å². The zero-order chi connectivity index (χ0) is 12.5. The lowest BCUT2D eigenvalue weighted by atomic mass is 10.1. The van der Waals surface area contributed by atoms with Gasteiger partial charge in [0.2, 0.25) is 0 Å². The van der Waals surface area contributed by atoms with Crippen molar-refractivity contribution in [1.29, 1.82) is 0 Å². The minimum absolute atomic E-state index is 0.428. The van der Waals surface area contributed by atoms with Gasteiger partial charge in [0.05, 0.1) is 24.2 Å². The molecule has 0 bridgehead atoms. The smallest absolute Gasteiger partial charge is 0.0952 e. The van der Waals surface area contributed by atoms with Crippen molar-refractivity contribution in [3.8, 4) is 0 Å². The van der Waals surface area contributed by atoms with Crippen LogP contribution in [0.3, 0.4) is 0 Å². The van der Waals surface area contributed by atoms with Crippen LogP contribution in [-0.4, -0.2) is 28.3 Å². The number of rotatable bonds is 5. The zero-order valence-corrected chi connectivity index (χ0v) is 11.3. The highest BCUT2D eigenvalue weighted by Crippen LogP contribution is 2.43. The molecule has 0 radical (unpaired) electrons. The molecular formula is C14H23N3O. The Labute approximate surface area is 109 Å². The molecule has 0 spiro atoms. The van der Waals surface area contributed by atoms with Crippen molar-refractivity contribution >= 4 is 0 Å². The van der Waals surface area contributed by atoms with E-state index in [1.54, 1.807) is 0 Å². The first-order chi connectivity index (χ1) is 8.75. The zero-order valence-electron chi connectivity index (χ0n) is 11.3. The van der Waals surface area contributed by atoms with Gasteiger partial charge in [-0.3, -0.25) is 0 Å².